The monoisotopic (exact) mass is 745 g/mol. The molecule has 212 valence electrons. The van der Waals surface area contributed by atoms with Crippen LogP contribution in [0.15, 0.2) is 65.8 Å². The van der Waals surface area contributed by atoms with Crippen LogP contribution in [0.5, 0.6) is 23.0 Å². The standard InChI is InChI=1S/C30H26Br3N3O5/c1-38-25-12-19(26(32)27(33)28(25)39-15-17-7-10-23-24(11-17)41-16-40-23)14-34-36-29(18-5-3-2-4-6-18)35-22-9-8-20(31)13-21(22)30(36)37/h7-14,18H,2-6,15-16H2,1H3. The zero-order chi connectivity index (χ0) is 28.5. The highest BCUT2D eigenvalue weighted by atomic mass is 79.9. The summed E-state index contributed by atoms with van der Waals surface area (Å²) in [7, 11) is 1.58. The van der Waals surface area contributed by atoms with Crippen molar-refractivity contribution in [3.63, 3.8) is 0 Å². The predicted molar refractivity (Wildman–Crippen MR) is 168 cm³/mol. The molecule has 0 unspecified atom stereocenters. The maximum absolute atomic E-state index is 13.7. The first-order valence-electron chi connectivity index (χ1n) is 13.3. The van der Waals surface area contributed by atoms with Gasteiger partial charge in [0, 0.05) is 20.4 Å². The van der Waals surface area contributed by atoms with E-state index in [1.807, 2.05) is 36.4 Å². The fraction of sp³-hybridized carbons (Fsp3) is 0.300. The van der Waals surface area contributed by atoms with Crippen molar-refractivity contribution in [2.75, 3.05) is 13.9 Å². The van der Waals surface area contributed by atoms with E-state index in [-0.39, 0.29) is 18.3 Å². The van der Waals surface area contributed by atoms with Gasteiger partial charge < -0.3 is 18.9 Å². The van der Waals surface area contributed by atoms with E-state index >= 15 is 0 Å². The molecule has 8 nitrogen and oxygen atoms in total. The number of hydrogen-bond acceptors (Lipinski definition) is 7. The molecule has 2 aliphatic rings. The molecular weight excluding hydrogens is 722 g/mol. The maximum Gasteiger partial charge on any atom is 0.282 e. The molecule has 0 amide bonds. The van der Waals surface area contributed by atoms with Gasteiger partial charge in [0.1, 0.15) is 12.4 Å². The summed E-state index contributed by atoms with van der Waals surface area (Å²) in [6.45, 7) is 0.514. The quantitative estimate of drug-likeness (QED) is 0.179. The summed E-state index contributed by atoms with van der Waals surface area (Å²) in [5, 5.41) is 5.21. The Morgan fingerprint density at radius 1 is 1.02 bits per heavy atom. The van der Waals surface area contributed by atoms with Gasteiger partial charge in [-0.2, -0.15) is 9.78 Å². The molecule has 4 aromatic rings. The Morgan fingerprint density at radius 3 is 2.63 bits per heavy atom. The second kappa shape index (κ2) is 12.1. The van der Waals surface area contributed by atoms with Crippen molar-refractivity contribution in [2.45, 2.75) is 44.6 Å². The third kappa shape index (κ3) is 5.76. The largest absolute Gasteiger partial charge is 0.493 e. The number of hydrogen-bond donors (Lipinski definition) is 0. The molecule has 11 heteroatoms. The second-order valence-corrected chi connectivity index (χ2v) is 12.4. The molecule has 1 aromatic heterocycles. The first-order chi connectivity index (χ1) is 19.9. The van der Waals surface area contributed by atoms with Crippen molar-refractivity contribution in [1.29, 1.82) is 0 Å². The van der Waals surface area contributed by atoms with Crippen LogP contribution in [0.1, 0.15) is 55.0 Å². The molecule has 6 rings (SSSR count). The molecule has 0 bridgehead atoms. The number of methoxy groups -OCH3 is 1. The lowest BCUT2D eigenvalue weighted by Gasteiger charge is -2.22. The van der Waals surface area contributed by atoms with E-state index in [4.69, 9.17) is 29.0 Å². The lowest BCUT2D eigenvalue weighted by molar-refractivity contribution is 0.174. The molecule has 0 spiro atoms. The van der Waals surface area contributed by atoms with Gasteiger partial charge in [0.2, 0.25) is 6.79 Å². The lowest BCUT2D eigenvalue weighted by Crippen LogP contribution is -2.25. The van der Waals surface area contributed by atoms with Gasteiger partial charge in [-0.25, -0.2) is 4.98 Å². The minimum Gasteiger partial charge on any atom is -0.493 e. The van der Waals surface area contributed by atoms with Gasteiger partial charge in [-0.15, -0.1) is 0 Å². The van der Waals surface area contributed by atoms with Crippen molar-refractivity contribution >= 4 is 64.9 Å². The lowest BCUT2D eigenvalue weighted by atomic mass is 9.88. The highest BCUT2D eigenvalue weighted by molar-refractivity contribution is 9.13. The average Bonchev–Trinajstić information content (AvgIpc) is 3.47. The average molecular weight is 748 g/mol. The van der Waals surface area contributed by atoms with Crippen LogP contribution in [0.25, 0.3) is 10.9 Å². The molecule has 3 aromatic carbocycles. The van der Waals surface area contributed by atoms with Gasteiger partial charge >= 0.3 is 0 Å². The third-order valence-electron chi connectivity index (χ3n) is 7.31. The van der Waals surface area contributed by atoms with Gasteiger partial charge in [-0.1, -0.05) is 41.3 Å². The minimum absolute atomic E-state index is 0.179. The summed E-state index contributed by atoms with van der Waals surface area (Å²) < 4.78 is 26.4. The van der Waals surface area contributed by atoms with E-state index in [0.717, 1.165) is 41.5 Å². The minimum atomic E-state index is -0.195. The maximum atomic E-state index is 13.7. The Hall–Kier alpha value is -2.89. The van der Waals surface area contributed by atoms with Crippen LogP contribution in [0.4, 0.5) is 0 Å². The number of rotatable bonds is 7. The SMILES string of the molecule is COc1cc(C=Nn2c(C3CCCCC3)nc3ccc(Br)cc3c2=O)c(Br)c(Br)c1OCc1ccc2c(c1)OCO2. The molecule has 1 aliphatic carbocycles. The first-order valence-corrected chi connectivity index (χ1v) is 15.6. The van der Waals surface area contributed by atoms with Gasteiger partial charge in [0.15, 0.2) is 23.0 Å². The number of nitrogens with zero attached hydrogens (tertiary/aromatic N) is 3. The van der Waals surface area contributed by atoms with Gasteiger partial charge in [-0.3, -0.25) is 4.79 Å². The van der Waals surface area contributed by atoms with E-state index in [0.29, 0.717) is 55.1 Å². The molecule has 0 saturated heterocycles. The third-order valence-corrected chi connectivity index (χ3v) is 9.95. The normalized spacial score (nSPS) is 15.1. The highest BCUT2D eigenvalue weighted by Gasteiger charge is 2.23. The Kier molecular flexibility index (Phi) is 8.37. The summed E-state index contributed by atoms with van der Waals surface area (Å²) in [4.78, 5) is 18.6. The summed E-state index contributed by atoms with van der Waals surface area (Å²) >= 11 is 10.8. The molecule has 41 heavy (non-hydrogen) atoms. The number of fused-ring (bicyclic) bond motifs is 2. The molecule has 0 N–H and O–H groups in total. The van der Waals surface area contributed by atoms with E-state index in [1.165, 1.54) is 11.1 Å². The Labute approximate surface area is 262 Å². The fourth-order valence-corrected chi connectivity index (χ4v) is 6.49. The molecular formula is C30H26Br3N3O5. The number of benzene rings is 3. The van der Waals surface area contributed by atoms with Crippen molar-refractivity contribution in [3.8, 4) is 23.0 Å². The molecule has 1 fully saturated rings. The summed E-state index contributed by atoms with van der Waals surface area (Å²) in [5.41, 5.74) is 2.12. The molecule has 1 aliphatic heterocycles. The number of halogens is 3. The summed E-state index contributed by atoms with van der Waals surface area (Å²) in [6, 6.07) is 13.1. The predicted octanol–water partition coefficient (Wildman–Crippen LogP) is 7.93. The van der Waals surface area contributed by atoms with Crippen LogP contribution in [0.2, 0.25) is 0 Å². The van der Waals surface area contributed by atoms with Crippen molar-refractivity contribution < 1.29 is 18.9 Å². The van der Waals surface area contributed by atoms with Crippen LogP contribution < -0.4 is 24.5 Å². The van der Waals surface area contributed by atoms with Crippen LogP contribution in [0, 0.1) is 0 Å². The number of ether oxygens (including phenoxy) is 4. The smallest absolute Gasteiger partial charge is 0.282 e. The zero-order valence-electron chi connectivity index (χ0n) is 22.2. The van der Waals surface area contributed by atoms with E-state index in [2.05, 4.69) is 47.8 Å². The molecule has 0 atom stereocenters. The topological polar surface area (TPSA) is 84.2 Å². The molecule has 1 saturated carbocycles. The van der Waals surface area contributed by atoms with Crippen LogP contribution in [-0.4, -0.2) is 29.8 Å². The van der Waals surface area contributed by atoms with E-state index in [9.17, 15) is 4.79 Å². The summed E-state index contributed by atoms with van der Waals surface area (Å²) in [5.74, 6) is 3.35. The Bertz CT molecular complexity index is 1720. The Balaban J connectivity index is 1.34. The van der Waals surface area contributed by atoms with Crippen molar-refractivity contribution in [1.82, 2.24) is 9.66 Å². The first kappa shape index (κ1) is 28.2. The number of aromatic nitrogens is 2. The Morgan fingerprint density at radius 2 is 1.83 bits per heavy atom. The second-order valence-electron chi connectivity index (χ2n) is 9.93. The molecule has 0 radical (unpaired) electrons. The van der Waals surface area contributed by atoms with Crippen LogP contribution in [-0.2, 0) is 6.61 Å². The van der Waals surface area contributed by atoms with Crippen LogP contribution in [0.3, 0.4) is 0 Å². The van der Waals surface area contributed by atoms with Crippen molar-refractivity contribution in [3.05, 3.63) is 83.2 Å². The fourth-order valence-electron chi connectivity index (χ4n) is 5.19. The van der Waals surface area contributed by atoms with Gasteiger partial charge in [0.05, 0.1) is 28.7 Å². The van der Waals surface area contributed by atoms with Crippen molar-refractivity contribution in [2.24, 2.45) is 5.10 Å². The summed E-state index contributed by atoms with van der Waals surface area (Å²) in [6.07, 6.45) is 7.07. The van der Waals surface area contributed by atoms with Crippen LogP contribution >= 0.6 is 47.8 Å². The van der Waals surface area contributed by atoms with Gasteiger partial charge in [0.25, 0.3) is 5.56 Å². The highest BCUT2D eigenvalue weighted by Crippen LogP contribution is 2.43. The van der Waals surface area contributed by atoms with E-state index < -0.39 is 0 Å². The van der Waals surface area contributed by atoms with E-state index in [1.54, 1.807) is 19.4 Å². The van der Waals surface area contributed by atoms with Gasteiger partial charge in [-0.05, 0) is 86.7 Å². The zero-order valence-corrected chi connectivity index (χ0v) is 26.9. The molecule has 2 heterocycles.